The summed E-state index contributed by atoms with van der Waals surface area (Å²) >= 11 is 0. The fourth-order valence-electron chi connectivity index (χ4n) is 2.49. The first kappa shape index (κ1) is 16.8. The van der Waals surface area contributed by atoms with E-state index in [0.29, 0.717) is 29.3 Å². The molecule has 0 fully saturated rings. The van der Waals surface area contributed by atoms with Crippen molar-refractivity contribution < 1.29 is 18.8 Å². The summed E-state index contributed by atoms with van der Waals surface area (Å²) in [5, 5.41) is 10.5. The highest BCUT2D eigenvalue weighted by atomic mass is 16.4. The second kappa shape index (κ2) is 6.84. The Kier molecular flexibility index (Phi) is 4.60. The summed E-state index contributed by atoms with van der Waals surface area (Å²) in [7, 11) is 0. The zero-order chi connectivity index (χ0) is 18.0. The van der Waals surface area contributed by atoms with Crippen molar-refractivity contribution in [2.45, 2.75) is 26.2 Å². The molecule has 0 saturated carbocycles. The molecule has 1 aliphatic heterocycles. The molecule has 8 heteroatoms. The number of nitrogens with one attached hydrogen (secondary N) is 1. The van der Waals surface area contributed by atoms with Crippen LogP contribution in [-0.4, -0.2) is 45.9 Å². The molecule has 2 heterocycles. The van der Waals surface area contributed by atoms with E-state index in [1.54, 1.807) is 24.3 Å². The molecule has 0 aliphatic carbocycles. The molecule has 8 nitrogen and oxygen atoms in total. The summed E-state index contributed by atoms with van der Waals surface area (Å²) in [6, 6.07) is 6.53. The Hall–Kier alpha value is -3.03. The lowest BCUT2D eigenvalue weighted by Crippen LogP contribution is -2.40. The number of aromatic nitrogens is 2. The number of hydrogen-bond donors (Lipinski definition) is 1. The molecule has 0 spiro atoms. The average Bonchev–Trinajstić information content (AvgIpc) is 3.15. The van der Waals surface area contributed by atoms with Crippen molar-refractivity contribution in [1.82, 2.24) is 20.4 Å². The summed E-state index contributed by atoms with van der Waals surface area (Å²) in [5.74, 6) is -0.191. The predicted molar refractivity (Wildman–Crippen MR) is 86.9 cm³/mol. The third kappa shape index (κ3) is 3.42. The maximum absolute atomic E-state index is 12.2. The summed E-state index contributed by atoms with van der Waals surface area (Å²) in [4.78, 5) is 37.4. The van der Waals surface area contributed by atoms with Crippen molar-refractivity contribution in [3.63, 3.8) is 0 Å². The molecular weight excluding hydrogens is 324 g/mol. The average molecular weight is 342 g/mol. The van der Waals surface area contributed by atoms with Gasteiger partial charge < -0.3 is 9.73 Å². The van der Waals surface area contributed by atoms with E-state index in [2.05, 4.69) is 15.5 Å². The lowest BCUT2D eigenvalue weighted by Gasteiger charge is -2.13. The molecule has 1 N–H and O–H groups in total. The largest absolute Gasteiger partial charge is 0.425 e. The minimum Gasteiger partial charge on any atom is -0.425 e. The molecule has 2 aromatic rings. The highest BCUT2D eigenvalue weighted by molar-refractivity contribution is 6.22. The van der Waals surface area contributed by atoms with E-state index >= 15 is 0 Å². The Morgan fingerprint density at radius 1 is 1.16 bits per heavy atom. The molecule has 1 aliphatic rings. The lowest BCUT2D eigenvalue weighted by atomic mass is 10.1. The van der Waals surface area contributed by atoms with Crippen molar-refractivity contribution in [2.24, 2.45) is 0 Å². The number of hydrogen-bond acceptors (Lipinski definition) is 6. The van der Waals surface area contributed by atoms with Crippen LogP contribution in [-0.2, 0) is 11.2 Å². The highest BCUT2D eigenvalue weighted by Crippen LogP contribution is 2.21. The van der Waals surface area contributed by atoms with Crippen molar-refractivity contribution in [2.75, 3.05) is 13.1 Å². The molecule has 0 saturated heterocycles. The number of imide groups is 1. The topological polar surface area (TPSA) is 105 Å². The molecule has 130 valence electrons. The summed E-state index contributed by atoms with van der Waals surface area (Å²) in [6.45, 7) is 3.86. The third-order valence-corrected chi connectivity index (χ3v) is 3.82. The number of nitrogens with zero attached hydrogens (tertiary/aromatic N) is 3. The lowest BCUT2D eigenvalue weighted by molar-refractivity contribution is -0.121. The minimum atomic E-state index is -0.450. The molecule has 0 atom stereocenters. The van der Waals surface area contributed by atoms with Gasteiger partial charge in [0.1, 0.15) is 6.54 Å². The molecule has 3 amide bonds. The summed E-state index contributed by atoms with van der Waals surface area (Å²) in [6.07, 6.45) is 0.383. The number of amides is 3. The van der Waals surface area contributed by atoms with Crippen LogP contribution in [0.15, 0.2) is 28.7 Å². The van der Waals surface area contributed by atoms with E-state index in [9.17, 15) is 14.4 Å². The van der Waals surface area contributed by atoms with Gasteiger partial charge in [-0.1, -0.05) is 26.0 Å². The Balaban J connectivity index is 1.51. The number of benzene rings is 1. The molecule has 1 aromatic carbocycles. The fraction of sp³-hybridized carbons (Fsp3) is 0.353. The van der Waals surface area contributed by atoms with Gasteiger partial charge in [-0.2, -0.15) is 0 Å². The maximum Gasteiger partial charge on any atom is 0.262 e. The van der Waals surface area contributed by atoms with Gasteiger partial charge in [0.2, 0.25) is 17.7 Å². The second-order valence-corrected chi connectivity index (χ2v) is 6.03. The van der Waals surface area contributed by atoms with Gasteiger partial charge >= 0.3 is 0 Å². The molecule has 0 bridgehead atoms. The number of rotatable bonds is 6. The van der Waals surface area contributed by atoms with Crippen LogP contribution in [0.25, 0.3) is 0 Å². The molecule has 25 heavy (non-hydrogen) atoms. The summed E-state index contributed by atoms with van der Waals surface area (Å²) in [5.41, 5.74) is 0.653. The van der Waals surface area contributed by atoms with E-state index in [1.807, 2.05) is 13.8 Å². The van der Waals surface area contributed by atoms with Gasteiger partial charge in [-0.25, -0.2) is 0 Å². The van der Waals surface area contributed by atoms with Gasteiger partial charge in [-0.3, -0.25) is 19.3 Å². The molecule has 1 aromatic heterocycles. The quantitative estimate of drug-likeness (QED) is 0.790. The van der Waals surface area contributed by atoms with Crippen molar-refractivity contribution >= 4 is 17.7 Å². The van der Waals surface area contributed by atoms with Crippen LogP contribution < -0.4 is 5.32 Å². The van der Waals surface area contributed by atoms with Gasteiger partial charge in [-0.05, 0) is 12.1 Å². The standard InChI is InChI=1S/C17H18N4O4/c1-10(2)15-20-19-14(25-15)7-8-18-13(22)9-21-16(23)11-5-3-4-6-12(11)17(21)24/h3-6,10H,7-9H2,1-2H3,(H,18,22). The van der Waals surface area contributed by atoms with Gasteiger partial charge in [0, 0.05) is 18.9 Å². The zero-order valence-corrected chi connectivity index (χ0v) is 14.0. The van der Waals surface area contributed by atoms with Gasteiger partial charge in [-0.15, -0.1) is 10.2 Å². The Morgan fingerprint density at radius 3 is 2.36 bits per heavy atom. The molecule has 0 radical (unpaired) electrons. The number of carbonyl (C=O) groups excluding carboxylic acids is 3. The molecular formula is C17H18N4O4. The van der Waals surface area contributed by atoms with E-state index < -0.39 is 17.7 Å². The third-order valence-electron chi connectivity index (χ3n) is 3.82. The highest BCUT2D eigenvalue weighted by Gasteiger charge is 2.36. The fourth-order valence-corrected chi connectivity index (χ4v) is 2.49. The van der Waals surface area contributed by atoms with E-state index in [1.165, 1.54) is 0 Å². The Morgan fingerprint density at radius 2 is 1.80 bits per heavy atom. The van der Waals surface area contributed by atoms with Crippen molar-refractivity contribution in [3.8, 4) is 0 Å². The first-order valence-corrected chi connectivity index (χ1v) is 8.01. The Bertz CT molecular complexity index is 793. The van der Waals surface area contributed by atoms with Crippen molar-refractivity contribution in [1.29, 1.82) is 0 Å². The SMILES string of the molecule is CC(C)c1nnc(CCNC(=O)CN2C(=O)c3ccccc3C2=O)o1. The second-order valence-electron chi connectivity index (χ2n) is 6.03. The predicted octanol–water partition coefficient (Wildman–Crippen LogP) is 1.15. The Labute approximate surface area is 144 Å². The van der Waals surface area contributed by atoms with Crippen LogP contribution in [0.4, 0.5) is 0 Å². The van der Waals surface area contributed by atoms with Crippen LogP contribution in [0, 0.1) is 0 Å². The first-order chi connectivity index (χ1) is 12.0. The smallest absolute Gasteiger partial charge is 0.262 e. The van der Waals surface area contributed by atoms with Gasteiger partial charge in [0.15, 0.2) is 0 Å². The van der Waals surface area contributed by atoms with E-state index in [-0.39, 0.29) is 19.0 Å². The normalized spacial score (nSPS) is 13.5. The first-order valence-electron chi connectivity index (χ1n) is 8.01. The van der Waals surface area contributed by atoms with Crippen LogP contribution >= 0.6 is 0 Å². The van der Waals surface area contributed by atoms with Crippen LogP contribution in [0.2, 0.25) is 0 Å². The monoisotopic (exact) mass is 342 g/mol. The molecule has 3 rings (SSSR count). The number of fused-ring (bicyclic) bond motifs is 1. The summed E-state index contributed by atoms with van der Waals surface area (Å²) < 4.78 is 5.44. The number of carbonyl (C=O) groups is 3. The zero-order valence-electron chi connectivity index (χ0n) is 14.0. The van der Waals surface area contributed by atoms with Crippen LogP contribution in [0.5, 0.6) is 0 Å². The van der Waals surface area contributed by atoms with Gasteiger partial charge in [0.05, 0.1) is 11.1 Å². The van der Waals surface area contributed by atoms with Crippen molar-refractivity contribution in [3.05, 3.63) is 47.2 Å². The van der Waals surface area contributed by atoms with E-state index in [0.717, 1.165) is 4.90 Å². The van der Waals surface area contributed by atoms with Gasteiger partial charge in [0.25, 0.3) is 11.8 Å². The van der Waals surface area contributed by atoms with Crippen LogP contribution in [0.3, 0.4) is 0 Å². The van der Waals surface area contributed by atoms with E-state index in [4.69, 9.17) is 4.42 Å². The molecule has 0 unspecified atom stereocenters. The minimum absolute atomic E-state index is 0.143. The maximum atomic E-state index is 12.2. The van der Waals surface area contributed by atoms with Crippen LogP contribution in [0.1, 0.15) is 52.3 Å².